The number of H-pyrrole nitrogens is 1. The van der Waals surface area contributed by atoms with Gasteiger partial charge in [-0.1, -0.05) is 0 Å². The fourth-order valence-electron chi connectivity index (χ4n) is 3.89. The lowest BCUT2D eigenvalue weighted by Crippen LogP contribution is -2.59. The standard InChI is InChI=1S/C18H22N8O2/c1-24(13-7-25(8-13)12-5-15(27)23-22-6-12)17-16-18(20-10-19-17)26(11-21-16)9-14-3-2-4-28-14/h5-6,10-11,13-14H,2-4,7-9H2,1H3,(H,23,27). The molecule has 10 heteroatoms. The number of rotatable bonds is 5. The summed E-state index contributed by atoms with van der Waals surface area (Å²) in [7, 11) is 2.03. The Morgan fingerprint density at radius 3 is 3.00 bits per heavy atom. The smallest absolute Gasteiger partial charge is 0.266 e. The Morgan fingerprint density at radius 1 is 1.32 bits per heavy atom. The second-order valence-electron chi connectivity index (χ2n) is 7.37. The monoisotopic (exact) mass is 382 g/mol. The first kappa shape index (κ1) is 17.1. The molecule has 0 aliphatic carbocycles. The van der Waals surface area contributed by atoms with E-state index in [9.17, 15) is 4.79 Å². The van der Waals surface area contributed by atoms with E-state index < -0.39 is 0 Å². The van der Waals surface area contributed by atoms with Crippen molar-refractivity contribution in [3.05, 3.63) is 35.3 Å². The van der Waals surface area contributed by atoms with E-state index in [-0.39, 0.29) is 17.7 Å². The molecule has 0 radical (unpaired) electrons. The molecule has 0 saturated carbocycles. The first-order valence-corrected chi connectivity index (χ1v) is 9.49. The van der Waals surface area contributed by atoms with Gasteiger partial charge in [-0.25, -0.2) is 20.1 Å². The van der Waals surface area contributed by atoms with Gasteiger partial charge in [0, 0.05) is 32.8 Å². The maximum atomic E-state index is 11.5. The van der Waals surface area contributed by atoms with Gasteiger partial charge in [-0.15, -0.1) is 0 Å². The van der Waals surface area contributed by atoms with E-state index >= 15 is 0 Å². The van der Waals surface area contributed by atoms with E-state index in [2.05, 4.69) is 39.5 Å². The summed E-state index contributed by atoms with van der Waals surface area (Å²) in [6.07, 6.45) is 7.52. The number of fused-ring (bicyclic) bond motifs is 1. The van der Waals surface area contributed by atoms with Gasteiger partial charge in [0.05, 0.1) is 36.9 Å². The Hall–Kier alpha value is -3.01. The maximum absolute atomic E-state index is 11.5. The highest BCUT2D eigenvalue weighted by molar-refractivity contribution is 5.83. The Morgan fingerprint density at radius 2 is 2.21 bits per heavy atom. The molecule has 0 amide bonds. The van der Waals surface area contributed by atoms with Crippen LogP contribution in [0.15, 0.2) is 29.7 Å². The number of ether oxygens (including phenoxy) is 1. The van der Waals surface area contributed by atoms with Gasteiger partial charge < -0.3 is 19.1 Å². The number of hydrogen-bond donors (Lipinski definition) is 1. The first-order chi connectivity index (χ1) is 13.7. The summed E-state index contributed by atoms with van der Waals surface area (Å²) in [5.74, 6) is 0.824. The number of imidazole rings is 1. The molecule has 28 heavy (non-hydrogen) atoms. The molecule has 1 atom stereocenters. The van der Waals surface area contributed by atoms with Crippen LogP contribution in [0.4, 0.5) is 11.5 Å². The topological polar surface area (TPSA) is 105 Å². The summed E-state index contributed by atoms with van der Waals surface area (Å²) in [4.78, 5) is 29.2. The van der Waals surface area contributed by atoms with Gasteiger partial charge in [-0.3, -0.25) is 4.79 Å². The zero-order valence-corrected chi connectivity index (χ0v) is 15.7. The van der Waals surface area contributed by atoms with E-state index in [1.54, 1.807) is 18.6 Å². The molecule has 2 saturated heterocycles. The predicted molar refractivity (Wildman–Crippen MR) is 104 cm³/mol. The van der Waals surface area contributed by atoms with Crippen molar-refractivity contribution in [1.29, 1.82) is 0 Å². The van der Waals surface area contributed by atoms with Crippen molar-refractivity contribution in [2.45, 2.75) is 31.5 Å². The van der Waals surface area contributed by atoms with Crippen LogP contribution >= 0.6 is 0 Å². The average molecular weight is 382 g/mol. The summed E-state index contributed by atoms with van der Waals surface area (Å²) in [6, 6.07) is 1.85. The van der Waals surface area contributed by atoms with Crippen LogP contribution in [0.3, 0.4) is 0 Å². The van der Waals surface area contributed by atoms with Crippen molar-refractivity contribution >= 4 is 22.7 Å². The molecule has 146 valence electrons. The Bertz CT molecular complexity index is 1040. The van der Waals surface area contributed by atoms with Gasteiger partial charge in [-0.05, 0) is 12.8 Å². The summed E-state index contributed by atoms with van der Waals surface area (Å²) in [6.45, 7) is 3.19. The lowest BCUT2D eigenvalue weighted by atomic mass is 10.1. The Kier molecular flexibility index (Phi) is 4.19. The minimum atomic E-state index is -0.191. The highest BCUT2D eigenvalue weighted by atomic mass is 16.5. The van der Waals surface area contributed by atoms with Crippen molar-refractivity contribution in [3.8, 4) is 0 Å². The van der Waals surface area contributed by atoms with Crippen LogP contribution in [0.5, 0.6) is 0 Å². The first-order valence-electron chi connectivity index (χ1n) is 9.49. The van der Waals surface area contributed by atoms with Crippen LogP contribution in [0.25, 0.3) is 11.2 Å². The number of likely N-dealkylation sites (N-methyl/N-ethyl adjacent to an activating group) is 1. The van der Waals surface area contributed by atoms with Crippen molar-refractivity contribution in [2.24, 2.45) is 0 Å². The molecule has 0 spiro atoms. The summed E-state index contributed by atoms with van der Waals surface area (Å²) < 4.78 is 7.80. The van der Waals surface area contributed by atoms with Crippen molar-refractivity contribution in [3.63, 3.8) is 0 Å². The quantitative estimate of drug-likeness (QED) is 0.677. The number of nitrogens with zero attached hydrogens (tertiary/aromatic N) is 7. The Balaban J connectivity index is 1.33. The third-order valence-electron chi connectivity index (χ3n) is 5.57. The summed E-state index contributed by atoms with van der Waals surface area (Å²) in [5, 5.41) is 6.27. The van der Waals surface area contributed by atoms with Gasteiger partial charge in [-0.2, -0.15) is 5.10 Å². The molecular formula is C18H22N8O2. The molecule has 2 aliphatic rings. The minimum Gasteiger partial charge on any atom is -0.376 e. The van der Waals surface area contributed by atoms with Crippen LogP contribution in [-0.4, -0.2) is 68.6 Å². The molecule has 3 aromatic heterocycles. The molecule has 0 bridgehead atoms. The molecule has 10 nitrogen and oxygen atoms in total. The third-order valence-corrected chi connectivity index (χ3v) is 5.57. The van der Waals surface area contributed by atoms with Crippen LogP contribution in [0, 0.1) is 0 Å². The molecule has 5 rings (SSSR count). The number of aromatic nitrogens is 6. The van der Waals surface area contributed by atoms with Crippen molar-refractivity contribution in [1.82, 2.24) is 29.7 Å². The number of nitrogens with one attached hydrogen (secondary N) is 1. The van der Waals surface area contributed by atoms with Crippen LogP contribution < -0.4 is 15.4 Å². The number of aromatic amines is 1. The van der Waals surface area contributed by atoms with Crippen LogP contribution in [0.1, 0.15) is 12.8 Å². The van der Waals surface area contributed by atoms with Gasteiger partial charge in [0.2, 0.25) is 0 Å². The summed E-state index contributed by atoms with van der Waals surface area (Å²) >= 11 is 0. The van der Waals surface area contributed by atoms with Crippen LogP contribution in [0.2, 0.25) is 0 Å². The largest absolute Gasteiger partial charge is 0.376 e. The highest BCUT2D eigenvalue weighted by Crippen LogP contribution is 2.28. The van der Waals surface area contributed by atoms with E-state index in [0.717, 1.165) is 61.8 Å². The number of anilines is 2. The minimum absolute atomic E-state index is 0.191. The normalized spacial score (nSPS) is 19.9. The molecule has 3 aromatic rings. The predicted octanol–water partition coefficient (Wildman–Crippen LogP) is 0.414. The SMILES string of the molecule is CN(c1ncnc2c1ncn2CC1CCCO1)C1CN(c2cn[nH]c(=O)c2)C1. The number of hydrogen-bond acceptors (Lipinski definition) is 8. The second-order valence-corrected chi connectivity index (χ2v) is 7.37. The molecule has 5 heterocycles. The molecule has 1 N–H and O–H groups in total. The average Bonchev–Trinajstić information content (AvgIpc) is 3.31. The third kappa shape index (κ3) is 2.99. The zero-order chi connectivity index (χ0) is 19.1. The molecule has 1 unspecified atom stereocenters. The molecular weight excluding hydrogens is 360 g/mol. The van der Waals surface area contributed by atoms with Gasteiger partial charge in [0.25, 0.3) is 5.56 Å². The molecule has 2 fully saturated rings. The van der Waals surface area contributed by atoms with Crippen molar-refractivity contribution < 1.29 is 4.74 Å². The zero-order valence-electron chi connectivity index (χ0n) is 15.7. The van der Waals surface area contributed by atoms with Gasteiger partial charge in [0.15, 0.2) is 17.0 Å². The lowest BCUT2D eigenvalue weighted by Gasteiger charge is -2.45. The molecule has 2 aliphatic heterocycles. The van der Waals surface area contributed by atoms with E-state index in [1.807, 2.05) is 13.4 Å². The van der Waals surface area contributed by atoms with Crippen LogP contribution in [-0.2, 0) is 11.3 Å². The maximum Gasteiger partial charge on any atom is 0.266 e. The lowest BCUT2D eigenvalue weighted by molar-refractivity contribution is 0.0978. The van der Waals surface area contributed by atoms with Gasteiger partial charge in [0.1, 0.15) is 6.33 Å². The fourth-order valence-corrected chi connectivity index (χ4v) is 3.89. The fraction of sp³-hybridized carbons (Fsp3) is 0.500. The second kappa shape index (κ2) is 6.86. The van der Waals surface area contributed by atoms with E-state index in [1.165, 1.54) is 0 Å². The van der Waals surface area contributed by atoms with Crippen molar-refractivity contribution in [2.75, 3.05) is 36.5 Å². The Labute approximate surface area is 161 Å². The highest BCUT2D eigenvalue weighted by Gasteiger charge is 2.32. The van der Waals surface area contributed by atoms with E-state index in [4.69, 9.17) is 4.74 Å². The molecule has 0 aromatic carbocycles. The summed E-state index contributed by atoms with van der Waals surface area (Å²) in [5.41, 5.74) is 2.28. The van der Waals surface area contributed by atoms with E-state index in [0.29, 0.717) is 0 Å². The van der Waals surface area contributed by atoms with Gasteiger partial charge >= 0.3 is 0 Å².